The van der Waals surface area contributed by atoms with Crippen molar-refractivity contribution in [1.29, 1.82) is 0 Å². The molecule has 3 aromatic carbocycles. The van der Waals surface area contributed by atoms with Gasteiger partial charge in [0.2, 0.25) is 0 Å². The molecule has 0 bridgehead atoms. The van der Waals surface area contributed by atoms with E-state index in [-0.39, 0.29) is 5.76 Å². The number of nitrogens with zero attached hydrogens (tertiary/aromatic N) is 1. The summed E-state index contributed by atoms with van der Waals surface area (Å²) in [6.07, 6.45) is 0. The van der Waals surface area contributed by atoms with E-state index < -0.39 is 11.9 Å². The number of hydrogen-bond acceptors (Lipinski definition) is 4. The van der Waals surface area contributed by atoms with Gasteiger partial charge in [-0.3, -0.25) is 9.69 Å². The maximum absolute atomic E-state index is 13.4. The van der Waals surface area contributed by atoms with E-state index in [1.807, 2.05) is 61.5 Å². The van der Waals surface area contributed by atoms with E-state index in [1.165, 1.54) is 0 Å². The maximum Gasteiger partial charge on any atom is 0.294 e. The van der Waals surface area contributed by atoms with Gasteiger partial charge in [-0.05, 0) is 65.9 Å². The largest absolute Gasteiger partial charge is 0.503 e. The monoisotopic (exact) mass is 477 g/mol. The second kappa shape index (κ2) is 9.82. The minimum absolute atomic E-state index is 0.283. The summed E-state index contributed by atoms with van der Waals surface area (Å²) < 4.78 is 11.1. The fourth-order valence-electron chi connectivity index (χ4n) is 4.10. The van der Waals surface area contributed by atoms with Gasteiger partial charge in [-0.2, -0.15) is 0 Å². The van der Waals surface area contributed by atoms with Crippen LogP contribution in [0.1, 0.15) is 36.6 Å². The molecule has 0 saturated carbocycles. The lowest BCUT2D eigenvalue weighted by Gasteiger charge is -2.29. The molecule has 1 aliphatic rings. The summed E-state index contributed by atoms with van der Waals surface area (Å²) in [5, 5.41) is 11.6. The van der Waals surface area contributed by atoms with Gasteiger partial charge in [0.1, 0.15) is 11.5 Å². The minimum Gasteiger partial charge on any atom is -0.503 e. The average Bonchev–Trinajstić information content (AvgIpc) is 3.10. The topological polar surface area (TPSA) is 59.0 Å². The number of carbonyl (C=O) groups is 1. The molecule has 4 rings (SSSR count). The lowest BCUT2D eigenvalue weighted by Crippen LogP contribution is -2.30. The van der Waals surface area contributed by atoms with Crippen LogP contribution < -0.4 is 14.4 Å². The minimum atomic E-state index is -0.544. The van der Waals surface area contributed by atoms with Crippen LogP contribution in [0.3, 0.4) is 0 Å². The molecule has 0 radical (unpaired) electrons. The Hall–Kier alpha value is -3.44. The molecule has 34 heavy (non-hydrogen) atoms. The van der Waals surface area contributed by atoms with E-state index in [4.69, 9.17) is 21.1 Å². The van der Waals surface area contributed by atoms with Gasteiger partial charge in [0.25, 0.3) is 5.91 Å². The molecule has 0 fully saturated rings. The molecule has 176 valence electrons. The zero-order valence-corrected chi connectivity index (χ0v) is 20.5. The van der Waals surface area contributed by atoms with Crippen molar-refractivity contribution in [3.05, 3.63) is 94.2 Å². The summed E-state index contributed by atoms with van der Waals surface area (Å²) >= 11 is 6.39. The van der Waals surface area contributed by atoms with Crippen LogP contribution in [-0.2, 0) is 4.79 Å². The number of methoxy groups -OCH3 is 1. The predicted octanol–water partition coefficient (Wildman–Crippen LogP) is 6.75. The maximum atomic E-state index is 13.4. The van der Waals surface area contributed by atoms with Crippen LogP contribution in [0.5, 0.6) is 11.5 Å². The molecule has 1 unspecified atom stereocenters. The van der Waals surface area contributed by atoms with E-state index >= 15 is 0 Å². The third-order valence-corrected chi connectivity index (χ3v) is 6.30. The van der Waals surface area contributed by atoms with Gasteiger partial charge in [0.05, 0.1) is 19.8 Å². The third kappa shape index (κ3) is 4.48. The number of hydrogen-bond donors (Lipinski definition) is 1. The first-order valence-electron chi connectivity index (χ1n) is 11.2. The zero-order chi connectivity index (χ0) is 24.4. The van der Waals surface area contributed by atoms with Crippen molar-refractivity contribution < 1.29 is 19.4 Å². The van der Waals surface area contributed by atoms with E-state index in [0.717, 1.165) is 22.4 Å². The Morgan fingerprint density at radius 1 is 1.00 bits per heavy atom. The van der Waals surface area contributed by atoms with E-state index in [9.17, 15) is 9.90 Å². The van der Waals surface area contributed by atoms with Crippen molar-refractivity contribution in [2.45, 2.75) is 26.8 Å². The summed E-state index contributed by atoms with van der Waals surface area (Å²) in [4.78, 5) is 15.0. The first kappa shape index (κ1) is 23.7. The first-order chi connectivity index (χ1) is 16.3. The third-order valence-electron chi connectivity index (χ3n) is 5.89. The summed E-state index contributed by atoms with van der Waals surface area (Å²) in [5.41, 5.74) is 3.53. The Balaban J connectivity index is 1.82. The summed E-state index contributed by atoms with van der Waals surface area (Å²) in [6.45, 7) is 6.68. The molecule has 1 N–H and O–H groups in total. The van der Waals surface area contributed by atoms with Crippen molar-refractivity contribution in [3.63, 3.8) is 0 Å². The molecule has 5 nitrogen and oxygen atoms in total. The molecule has 1 amide bonds. The fourth-order valence-corrected chi connectivity index (χ4v) is 4.27. The van der Waals surface area contributed by atoms with Crippen molar-refractivity contribution in [2.75, 3.05) is 18.6 Å². The molecule has 0 spiro atoms. The Kier molecular flexibility index (Phi) is 6.85. The number of rotatable bonds is 7. The van der Waals surface area contributed by atoms with Crippen molar-refractivity contribution >= 4 is 28.8 Å². The summed E-state index contributed by atoms with van der Waals surface area (Å²) in [5.74, 6) is 1.11. The highest BCUT2D eigenvalue weighted by molar-refractivity contribution is 6.32. The van der Waals surface area contributed by atoms with Crippen LogP contribution in [0.25, 0.3) is 5.57 Å². The van der Waals surface area contributed by atoms with Crippen molar-refractivity contribution in [1.82, 2.24) is 0 Å². The number of carbonyl (C=O) groups excluding carboxylic acids is 1. The van der Waals surface area contributed by atoms with Crippen molar-refractivity contribution in [3.8, 4) is 11.5 Å². The second-order valence-corrected chi connectivity index (χ2v) is 9.13. The highest BCUT2D eigenvalue weighted by Gasteiger charge is 2.42. The van der Waals surface area contributed by atoms with Gasteiger partial charge >= 0.3 is 0 Å². The van der Waals surface area contributed by atoms with Crippen LogP contribution in [0.15, 0.2) is 72.5 Å². The SMILES string of the molecule is COc1ccc(C2=C(O)C(=O)N(c3cccc(Cl)c3C)C2c2ccc(OCC(C)C)cc2)cc1. The molecule has 0 aliphatic carbocycles. The normalized spacial score (nSPS) is 15.9. The Bertz CT molecular complexity index is 1220. The number of halogens is 1. The van der Waals surface area contributed by atoms with Crippen molar-refractivity contribution in [2.24, 2.45) is 5.92 Å². The average molecular weight is 478 g/mol. The number of aliphatic hydroxyl groups excluding tert-OH is 1. The Morgan fingerprint density at radius 2 is 1.65 bits per heavy atom. The molecule has 0 aromatic heterocycles. The molecule has 1 heterocycles. The standard InChI is InChI=1S/C28H28ClNO4/c1-17(2)16-34-22-14-10-20(11-15-22)26-25(19-8-12-21(33-4)13-9-19)27(31)28(32)30(26)24-7-5-6-23(29)18(24)3/h5-15,17,26,31H,16H2,1-4H3. The number of aliphatic hydroxyl groups is 1. The molecule has 1 aliphatic heterocycles. The van der Waals surface area contributed by atoms with Crippen LogP contribution >= 0.6 is 11.6 Å². The predicted molar refractivity (Wildman–Crippen MR) is 136 cm³/mol. The second-order valence-electron chi connectivity index (χ2n) is 8.73. The van der Waals surface area contributed by atoms with Gasteiger partial charge in [-0.1, -0.05) is 55.8 Å². The number of ether oxygens (including phenoxy) is 2. The Labute approximate surface area is 205 Å². The molecule has 1 atom stereocenters. The highest BCUT2D eigenvalue weighted by atomic mass is 35.5. The van der Waals surface area contributed by atoms with Gasteiger partial charge in [-0.25, -0.2) is 0 Å². The zero-order valence-electron chi connectivity index (χ0n) is 19.7. The van der Waals surface area contributed by atoms with E-state index in [2.05, 4.69) is 13.8 Å². The van der Waals surface area contributed by atoms with Gasteiger partial charge < -0.3 is 14.6 Å². The molecular formula is C28H28ClNO4. The first-order valence-corrected chi connectivity index (χ1v) is 11.6. The fraction of sp³-hybridized carbons (Fsp3) is 0.250. The van der Waals surface area contributed by atoms with E-state index in [0.29, 0.717) is 34.6 Å². The van der Waals surface area contributed by atoms with Crippen LogP contribution in [0.2, 0.25) is 5.02 Å². The molecule has 0 saturated heterocycles. The lowest BCUT2D eigenvalue weighted by atomic mass is 9.93. The van der Waals surface area contributed by atoms with Gasteiger partial charge in [0, 0.05) is 16.3 Å². The van der Waals surface area contributed by atoms with Crippen LogP contribution in [-0.4, -0.2) is 24.7 Å². The molecule has 6 heteroatoms. The van der Waals surface area contributed by atoms with Crippen LogP contribution in [0.4, 0.5) is 5.69 Å². The number of benzene rings is 3. The number of anilines is 1. The number of amides is 1. The van der Waals surface area contributed by atoms with E-state index in [1.54, 1.807) is 24.1 Å². The molecular weight excluding hydrogens is 450 g/mol. The smallest absolute Gasteiger partial charge is 0.294 e. The van der Waals surface area contributed by atoms with Gasteiger partial charge in [-0.15, -0.1) is 0 Å². The molecule has 3 aromatic rings. The van der Waals surface area contributed by atoms with Gasteiger partial charge in [0.15, 0.2) is 5.76 Å². The summed E-state index contributed by atoms with van der Waals surface area (Å²) in [7, 11) is 1.60. The summed E-state index contributed by atoms with van der Waals surface area (Å²) in [6, 6.07) is 19.9. The highest BCUT2D eigenvalue weighted by Crippen LogP contribution is 2.47. The van der Waals surface area contributed by atoms with Crippen LogP contribution in [0, 0.1) is 12.8 Å². The Morgan fingerprint density at radius 3 is 2.26 bits per heavy atom. The lowest BCUT2D eigenvalue weighted by molar-refractivity contribution is -0.117. The quantitative estimate of drug-likeness (QED) is 0.409.